The Morgan fingerprint density at radius 3 is 2.10 bits per heavy atom. The summed E-state index contributed by atoms with van der Waals surface area (Å²) in [4.78, 5) is 4.68. The molecule has 1 heteroatoms. The summed E-state index contributed by atoms with van der Waals surface area (Å²) in [6, 6.07) is 32.7. The van der Waals surface area contributed by atoms with Gasteiger partial charge < -0.3 is 0 Å². The van der Waals surface area contributed by atoms with Crippen LogP contribution in [0.5, 0.6) is 0 Å². The van der Waals surface area contributed by atoms with Gasteiger partial charge in [-0.1, -0.05) is 87.5 Å². The lowest BCUT2D eigenvalue weighted by molar-refractivity contribution is 0.589. The summed E-state index contributed by atoms with van der Waals surface area (Å²) in [5.41, 5.74) is 6.12. The van der Waals surface area contributed by atoms with Crippen LogP contribution in [0.3, 0.4) is 0 Å². The van der Waals surface area contributed by atoms with Crippen LogP contribution in [0.25, 0.3) is 43.9 Å². The van der Waals surface area contributed by atoms with Crippen molar-refractivity contribution in [2.24, 2.45) is 0 Å². The minimum Gasteiger partial charge on any atom is -0.256 e. The van der Waals surface area contributed by atoms with Crippen molar-refractivity contribution in [3.05, 3.63) is 103 Å². The topological polar surface area (TPSA) is 12.9 Å². The monoisotopic (exact) mass is 387 g/mol. The molecule has 30 heavy (non-hydrogen) atoms. The van der Waals surface area contributed by atoms with E-state index in [2.05, 4.69) is 117 Å². The molecule has 4 aromatic carbocycles. The summed E-state index contributed by atoms with van der Waals surface area (Å²) in [5.74, 6) is 0. The van der Waals surface area contributed by atoms with Gasteiger partial charge in [-0.25, -0.2) is 0 Å². The molecular formula is C29H25N. The summed E-state index contributed by atoms with van der Waals surface area (Å²) in [6.07, 6.45) is 1.93. The van der Waals surface area contributed by atoms with Gasteiger partial charge in [0.05, 0.1) is 5.69 Å². The number of hydrogen-bond acceptors (Lipinski definition) is 1. The molecule has 0 aliphatic rings. The van der Waals surface area contributed by atoms with Crippen molar-refractivity contribution in [2.75, 3.05) is 0 Å². The summed E-state index contributed by atoms with van der Waals surface area (Å²) in [7, 11) is 0. The molecule has 0 radical (unpaired) electrons. The number of hydrogen-bond donors (Lipinski definition) is 0. The minimum absolute atomic E-state index is 0.103. The van der Waals surface area contributed by atoms with E-state index in [0.717, 1.165) is 11.3 Å². The maximum atomic E-state index is 4.68. The fourth-order valence-corrected chi connectivity index (χ4v) is 4.17. The lowest BCUT2D eigenvalue weighted by Gasteiger charge is -2.19. The number of aromatic nitrogens is 1. The molecule has 0 aliphatic carbocycles. The van der Waals surface area contributed by atoms with Crippen LogP contribution in [0, 0.1) is 0 Å². The number of benzene rings is 4. The van der Waals surface area contributed by atoms with Crippen molar-refractivity contribution in [2.45, 2.75) is 26.2 Å². The molecule has 1 heterocycles. The quantitative estimate of drug-likeness (QED) is 0.279. The van der Waals surface area contributed by atoms with Crippen molar-refractivity contribution in [3.63, 3.8) is 0 Å². The fraction of sp³-hybridized carbons (Fsp3) is 0.138. The minimum atomic E-state index is 0.103. The van der Waals surface area contributed by atoms with E-state index in [1.54, 1.807) is 0 Å². The molecule has 0 unspecified atom stereocenters. The van der Waals surface area contributed by atoms with Gasteiger partial charge in [0.2, 0.25) is 0 Å². The molecule has 0 spiro atoms. The van der Waals surface area contributed by atoms with E-state index < -0.39 is 0 Å². The Morgan fingerprint density at radius 2 is 1.33 bits per heavy atom. The number of pyridine rings is 1. The van der Waals surface area contributed by atoms with Crippen LogP contribution in [0.15, 0.2) is 97.2 Å². The van der Waals surface area contributed by atoms with E-state index in [1.807, 2.05) is 6.20 Å². The maximum absolute atomic E-state index is 4.68. The van der Waals surface area contributed by atoms with Gasteiger partial charge in [-0.2, -0.15) is 0 Å². The third-order valence-electron chi connectivity index (χ3n) is 5.87. The van der Waals surface area contributed by atoms with Crippen LogP contribution in [-0.2, 0) is 5.41 Å². The van der Waals surface area contributed by atoms with E-state index in [1.165, 1.54) is 38.2 Å². The van der Waals surface area contributed by atoms with Gasteiger partial charge in [-0.3, -0.25) is 4.98 Å². The van der Waals surface area contributed by atoms with Gasteiger partial charge >= 0.3 is 0 Å². The Bertz CT molecular complexity index is 1360. The van der Waals surface area contributed by atoms with E-state index in [0.29, 0.717) is 0 Å². The standard InChI is InChI=1S/C29H25N/c1-29(2,3)23-15-16-30-28(19-23)22-14-13-21-17-26(20-9-5-4-6-10-20)24-11-7-8-12-25(24)27(21)18-22/h4-19H,1-3H3. The van der Waals surface area contributed by atoms with Gasteiger partial charge in [0, 0.05) is 11.8 Å². The van der Waals surface area contributed by atoms with Gasteiger partial charge in [-0.15, -0.1) is 0 Å². The smallest absolute Gasteiger partial charge is 0.0705 e. The second-order valence-electron chi connectivity index (χ2n) is 8.95. The van der Waals surface area contributed by atoms with Crippen LogP contribution >= 0.6 is 0 Å². The molecule has 1 aromatic heterocycles. The Balaban J connectivity index is 1.74. The second-order valence-corrected chi connectivity index (χ2v) is 8.95. The molecule has 0 saturated carbocycles. The highest BCUT2D eigenvalue weighted by Crippen LogP contribution is 2.36. The summed E-state index contributed by atoms with van der Waals surface area (Å²) < 4.78 is 0. The van der Waals surface area contributed by atoms with Crippen molar-refractivity contribution < 1.29 is 0 Å². The molecule has 146 valence electrons. The molecule has 1 nitrogen and oxygen atoms in total. The molecule has 0 atom stereocenters. The first-order chi connectivity index (χ1) is 14.5. The molecule has 5 rings (SSSR count). The molecule has 0 aliphatic heterocycles. The van der Waals surface area contributed by atoms with Crippen molar-refractivity contribution >= 4 is 21.5 Å². The Labute approximate surface area is 178 Å². The van der Waals surface area contributed by atoms with Crippen LogP contribution in [0.1, 0.15) is 26.3 Å². The number of fused-ring (bicyclic) bond motifs is 3. The first-order valence-corrected chi connectivity index (χ1v) is 10.5. The molecule has 0 bridgehead atoms. The lowest BCUT2D eigenvalue weighted by atomic mass is 9.86. The molecular weight excluding hydrogens is 362 g/mol. The van der Waals surface area contributed by atoms with Crippen LogP contribution in [0.4, 0.5) is 0 Å². The average molecular weight is 388 g/mol. The summed E-state index contributed by atoms with van der Waals surface area (Å²) >= 11 is 0. The van der Waals surface area contributed by atoms with Crippen molar-refractivity contribution in [1.82, 2.24) is 4.98 Å². The lowest BCUT2D eigenvalue weighted by Crippen LogP contribution is -2.11. The summed E-state index contributed by atoms with van der Waals surface area (Å²) in [5, 5.41) is 5.08. The van der Waals surface area contributed by atoms with E-state index in [9.17, 15) is 0 Å². The van der Waals surface area contributed by atoms with E-state index in [-0.39, 0.29) is 5.41 Å². The summed E-state index contributed by atoms with van der Waals surface area (Å²) in [6.45, 7) is 6.72. The van der Waals surface area contributed by atoms with E-state index >= 15 is 0 Å². The zero-order valence-electron chi connectivity index (χ0n) is 17.7. The highest BCUT2D eigenvalue weighted by Gasteiger charge is 2.15. The van der Waals surface area contributed by atoms with Crippen LogP contribution in [0.2, 0.25) is 0 Å². The second kappa shape index (κ2) is 7.11. The molecule has 0 fully saturated rings. The predicted molar refractivity (Wildman–Crippen MR) is 129 cm³/mol. The molecule has 0 N–H and O–H groups in total. The fourth-order valence-electron chi connectivity index (χ4n) is 4.17. The zero-order valence-corrected chi connectivity index (χ0v) is 17.7. The highest BCUT2D eigenvalue weighted by molar-refractivity contribution is 6.14. The Kier molecular flexibility index (Phi) is 4.40. The number of rotatable bonds is 2. The first-order valence-electron chi connectivity index (χ1n) is 10.5. The first kappa shape index (κ1) is 18.6. The highest BCUT2D eigenvalue weighted by atomic mass is 14.7. The van der Waals surface area contributed by atoms with Crippen molar-refractivity contribution in [1.29, 1.82) is 0 Å². The predicted octanol–water partition coefficient (Wildman–Crippen LogP) is 8.02. The van der Waals surface area contributed by atoms with Gasteiger partial charge in [0.15, 0.2) is 0 Å². The SMILES string of the molecule is CC(C)(C)c1ccnc(-c2ccc3cc(-c4ccccc4)c4ccccc4c3c2)c1. The zero-order chi connectivity index (χ0) is 20.7. The van der Waals surface area contributed by atoms with Crippen LogP contribution in [-0.4, -0.2) is 4.98 Å². The largest absolute Gasteiger partial charge is 0.256 e. The van der Waals surface area contributed by atoms with E-state index in [4.69, 9.17) is 0 Å². The maximum Gasteiger partial charge on any atom is 0.0705 e. The Morgan fingerprint density at radius 1 is 0.600 bits per heavy atom. The average Bonchev–Trinajstić information content (AvgIpc) is 2.78. The molecule has 0 saturated heterocycles. The third kappa shape index (κ3) is 3.27. The van der Waals surface area contributed by atoms with Gasteiger partial charge in [0.1, 0.15) is 0 Å². The van der Waals surface area contributed by atoms with Crippen LogP contribution < -0.4 is 0 Å². The third-order valence-corrected chi connectivity index (χ3v) is 5.87. The number of nitrogens with zero attached hydrogens (tertiary/aromatic N) is 1. The molecule has 5 aromatic rings. The molecule has 0 amide bonds. The Hall–Kier alpha value is -3.45. The van der Waals surface area contributed by atoms with Gasteiger partial charge in [-0.05, 0) is 67.9 Å². The normalized spacial score (nSPS) is 11.8. The van der Waals surface area contributed by atoms with Gasteiger partial charge in [0.25, 0.3) is 0 Å². The van der Waals surface area contributed by atoms with Crippen molar-refractivity contribution in [3.8, 4) is 22.4 Å².